The minimum Gasteiger partial charge on any atom is -0.461 e. The zero-order valence-electron chi connectivity index (χ0n) is 18.2. The van der Waals surface area contributed by atoms with Gasteiger partial charge in [-0.2, -0.15) is 0 Å². The third kappa shape index (κ3) is 5.98. The Morgan fingerprint density at radius 3 is 2.55 bits per heavy atom. The lowest BCUT2D eigenvalue weighted by Crippen LogP contribution is -2.48. The molecular weight excluding hydrogens is 386 g/mol. The SMILES string of the molecule is Cc1cccc(N2CCN(CCNC(=O)CCc3ccc(-c4ccccc4)o3)CC2)c1. The van der Waals surface area contributed by atoms with Crippen LogP contribution in [-0.4, -0.2) is 50.1 Å². The van der Waals surface area contributed by atoms with Gasteiger partial charge in [-0.1, -0.05) is 42.5 Å². The number of rotatable bonds is 8. The van der Waals surface area contributed by atoms with E-state index in [1.54, 1.807) is 0 Å². The molecule has 1 aliphatic rings. The van der Waals surface area contributed by atoms with Crippen molar-refractivity contribution in [3.63, 3.8) is 0 Å². The van der Waals surface area contributed by atoms with Gasteiger partial charge in [0, 0.05) is 63.4 Å². The fraction of sp³-hybridized carbons (Fsp3) is 0.346. The van der Waals surface area contributed by atoms with E-state index in [-0.39, 0.29) is 5.91 Å². The van der Waals surface area contributed by atoms with E-state index in [1.807, 2.05) is 42.5 Å². The van der Waals surface area contributed by atoms with Gasteiger partial charge >= 0.3 is 0 Å². The molecule has 1 aromatic heterocycles. The predicted molar refractivity (Wildman–Crippen MR) is 125 cm³/mol. The molecule has 0 bridgehead atoms. The van der Waals surface area contributed by atoms with Crippen LogP contribution in [0.5, 0.6) is 0 Å². The zero-order chi connectivity index (χ0) is 21.5. The molecular formula is C26H31N3O2. The van der Waals surface area contributed by atoms with Gasteiger partial charge in [-0.3, -0.25) is 9.69 Å². The summed E-state index contributed by atoms with van der Waals surface area (Å²) in [7, 11) is 0. The fourth-order valence-electron chi connectivity index (χ4n) is 4.00. The first-order chi connectivity index (χ1) is 15.2. The zero-order valence-corrected chi connectivity index (χ0v) is 18.2. The number of carbonyl (C=O) groups is 1. The molecule has 5 heteroatoms. The number of amides is 1. The molecule has 1 N–H and O–H groups in total. The molecule has 1 fully saturated rings. The molecule has 3 aromatic rings. The lowest BCUT2D eigenvalue weighted by molar-refractivity contribution is -0.121. The van der Waals surface area contributed by atoms with Crippen molar-refractivity contribution in [3.8, 4) is 11.3 Å². The second-order valence-corrected chi connectivity index (χ2v) is 8.15. The highest BCUT2D eigenvalue weighted by molar-refractivity contribution is 5.76. The first-order valence-electron chi connectivity index (χ1n) is 11.1. The number of benzene rings is 2. The Labute approximate surface area is 184 Å². The number of nitrogens with zero attached hydrogens (tertiary/aromatic N) is 2. The van der Waals surface area contributed by atoms with Crippen LogP contribution in [-0.2, 0) is 11.2 Å². The van der Waals surface area contributed by atoms with Gasteiger partial charge in [-0.15, -0.1) is 0 Å². The van der Waals surface area contributed by atoms with Gasteiger partial charge < -0.3 is 14.6 Å². The second kappa shape index (κ2) is 10.3. The molecule has 1 saturated heterocycles. The number of hydrogen-bond donors (Lipinski definition) is 1. The monoisotopic (exact) mass is 417 g/mol. The quantitative estimate of drug-likeness (QED) is 0.599. The maximum atomic E-state index is 12.2. The highest BCUT2D eigenvalue weighted by Crippen LogP contribution is 2.22. The maximum Gasteiger partial charge on any atom is 0.220 e. The smallest absolute Gasteiger partial charge is 0.220 e. The molecule has 0 spiro atoms. The second-order valence-electron chi connectivity index (χ2n) is 8.15. The number of anilines is 1. The lowest BCUT2D eigenvalue weighted by Gasteiger charge is -2.36. The van der Waals surface area contributed by atoms with E-state index in [2.05, 4.69) is 46.3 Å². The van der Waals surface area contributed by atoms with Crippen LogP contribution in [0.3, 0.4) is 0 Å². The van der Waals surface area contributed by atoms with E-state index in [9.17, 15) is 4.79 Å². The molecule has 162 valence electrons. The molecule has 0 atom stereocenters. The van der Waals surface area contributed by atoms with Crippen LogP contribution in [0.4, 0.5) is 5.69 Å². The topological polar surface area (TPSA) is 48.7 Å². The Hall–Kier alpha value is -3.05. The van der Waals surface area contributed by atoms with Crippen molar-refractivity contribution < 1.29 is 9.21 Å². The predicted octanol–water partition coefficient (Wildman–Crippen LogP) is 4.13. The summed E-state index contributed by atoms with van der Waals surface area (Å²) >= 11 is 0. The summed E-state index contributed by atoms with van der Waals surface area (Å²) in [5.41, 5.74) is 3.66. The maximum absolute atomic E-state index is 12.2. The number of aryl methyl sites for hydroxylation is 2. The van der Waals surface area contributed by atoms with Crippen LogP contribution in [0, 0.1) is 6.92 Å². The molecule has 1 aliphatic heterocycles. The molecule has 2 aromatic carbocycles. The highest BCUT2D eigenvalue weighted by Gasteiger charge is 2.17. The van der Waals surface area contributed by atoms with Gasteiger partial charge in [0.05, 0.1) is 0 Å². The van der Waals surface area contributed by atoms with Crippen molar-refractivity contribution in [2.75, 3.05) is 44.2 Å². The molecule has 0 saturated carbocycles. The van der Waals surface area contributed by atoms with E-state index in [0.29, 0.717) is 19.4 Å². The third-order valence-corrected chi connectivity index (χ3v) is 5.81. The van der Waals surface area contributed by atoms with Crippen molar-refractivity contribution in [2.45, 2.75) is 19.8 Å². The Bertz CT molecular complexity index is 975. The van der Waals surface area contributed by atoms with Crippen molar-refractivity contribution in [3.05, 3.63) is 78.1 Å². The minimum atomic E-state index is 0.0797. The van der Waals surface area contributed by atoms with Crippen molar-refractivity contribution in [2.24, 2.45) is 0 Å². The summed E-state index contributed by atoms with van der Waals surface area (Å²) in [6, 6.07) is 22.6. The standard InChI is InChI=1S/C26H31N3O2/c1-21-6-5-9-23(20-21)29-18-16-28(17-19-29)15-14-27-26(30)13-11-24-10-12-25(31-24)22-7-3-2-4-8-22/h2-10,12,20H,11,13-19H2,1H3,(H,27,30). The summed E-state index contributed by atoms with van der Waals surface area (Å²) < 4.78 is 5.88. The minimum absolute atomic E-state index is 0.0797. The first kappa shape index (κ1) is 21.2. The Kier molecular flexibility index (Phi) is 7.05. The van der Waals surface area contributed by atoms with Crippen LogP contribution in [0.25, 0.3) is 11.3 Å². The van der Waals surface area contributed by atoms with Crippen molar-refractivity contribution in [1.82, 2.24) is 10.2 Å². The first-order valence-corrected chi connectivity index (χ1v) is 11.1. The van der Waals surface area contributed by atoms with Gasteiger partial charge in [0.1, 0.15) is 11.5 Å². The molecule has 0 aliphatic carbocycles. The lowest BCUT2D eigenvalue weighted by atomic mass is 10.2. The Morgan fingerprint density at radius 1 is 0.968 bits per heavy atom. The van der Waals surface area contributed by atoms with Gasteiger partial charge in [-0.05, 0) is 36.8 Å². The number of carbonyl (C=O) groups excluding carboxylic acids is 1. The summed E-state index contributed by atoms with van der Waals surface area (Å²) in [5, 5.41) is 3.05. The number of piperazine rings is 1. The van der Waals surface area contributed by atoms with E-state index in [4.69, 9.17) is 4.42 Å². The van der Waals surface area contributed by atoms with Gasteiger partial charge in [0.25, 0.3) is 0 Å². The summed E-state index contributed by atoms with van der Waals surface area (Å²) in [4.78, 5) is 17.1. The van der Waals surface area contributed by atoms with Gasteiger partial charge in [-0.25, -0.2) is 0 Å². The van der Waals surface area contributed by atoms with Crippen LogP contribution in [0.15, 0.2) is 71.1 Å². The molecule has 4 rings (SSSR count). The molecule has 2 heterocycles. The van der Waals surface area contributed by atoms with E-state index >= 15 is 0 Å². The van der Waals surface area contributed by atoms with E-state index in [0.717, 1.165) is 49.8 Å². The Balaban J connectivity index is 1.13. The normalized spacial score (nSPS) is 14.5. The van der Waals surface area contributed by atoms with Crippen LogP contribution >= 0.6 is 0 Å². The fourth-order valence-corrected chi connectivity index (χ4v) is 4.00. The molecule has 1 amide bonds. The van der Waals surface area contributed by atoms with Crippen LogP contribution in [0.2, 0.25) is 0 Å². The van der Waals surface area contributed by atoms with Crippen LogP contribution < -0.4 is 10.2 Å². The Morgan fingerprint density at radius 2 is 1.77 bits per heavy atom. The highest BCUT2D eigenvalue weighted by atomic mass is 16.3. The molecule has 5 nitrogen and oxygen atoms in total. The molecule has 0 radical (unpaired) electrons. The average molecular weight is 418 g/mol. The largest absolute Gasteiger partial charge is 0.461 e. The van der Waals surface area contributed by atoms with Crippen LogP contribution in [0.1, 0.15) is 17.7 Å². The third-order valence-electron chi connectivity index (χ3n) is 5.81. The summed E-state index contributed by atoms with van der Waals surface area (Å²) in [6.07, 6.45) is 1.07. The molecule has 0 unspecified atom stereocenters. The van der Waals surface area contributed by atoms with E-state index < -0.39 is 0 Å². The van der Waals surface area contributed by atoms with Crippen molar-refractivity contribution >= 4 is 11.6 Å². The van der Waals surface area contributed by atoms with Gasteiger partial charge in [0.2, 0.25) is 5.91 Å². The number of nitrogens with one attached hydrogen (secondary N) is 1. The molecule has 31 heavy (non-hydrogen) atoms. The number of furan rings is 1. The van der Waals surface area contributed by atoms with Crippen molar-refractivity contribution in [1.29, 1.82) is 0 Å². The summed E-state index contributed by atoms with van der Waals surface area (Å²) in [5.74, 6) is 1.78. The summed E-state index contributed by atoms with van der Waals surface area (Å²) in [6.45, 7) is 7.83. The number of hydrogen-bond acceptors (Lipinski definition) is 4. The van der Waals surface area contributed by atoms with E-state index in [1.165, 1.54) is 11.3 Å². The van der Waals surface area contributed by atoms with Gasteiger partial charge in [0.15, 0.2) is 0 Å². The average Bonchev–Trinajstić information content (AvgIpc) is 3.28.